The molecule has 1 saturated heterocycles. The minimum absolute atomic E-state index is 0.278. The molecule has 190 valence electrons. The van der Waals surface area contributed by atoms with Gasteiger partial charge in [0.05, 0.1) is 11.5 Å². The third-order valence-corrected chi connectivity index (χ3v) is 6.19. The number of hydrogen-bond acceptors (Lipinski definition) is 5. The van der Waals surface area contributed by atoms with Crippen LogP contribution < -0.4 is 4.74 Å². The van der Waals surface area contributed by atoms with Crippen LogP contribution in [0.15, 0.2) is 24.3 Å². The number of alkyl halides is 3. The summed E-state index contributed by atoms with van der Waals surface area (Å²) in [7, 11) is 0. The van der Waals surface area contributed by atoms with Gasteiger partial charge in [0.1, 0.15) is 11.4 Å². The van der Waals surface area contributed by atoms with Crippen LogP contribution in [0.1, 0.15) is 64.4 Å². The number of halogens is 3. The average Bonchev–Trinajstić information content (AvgIpc) is 2.73. The number of piperazine rings is 1. The summed E-state index contributed by atoms with van der Waals surface area (Å²) < 4.78 is 47.0. The number of aliphatic hydroxyl groups is 1. The van der Waals surface area contributed by atoms with E-state index in [9.17, 15) is 27.9 Å². The van der Waals surface area contributed by atoms with Crippen molar-refractivity contribution in [1.82, 2.24) is 9.80 Å². The van der Waals surface area contributed by atoms with Gasteiger partial charge in [0.25, 0.3) is 0 Å². The molecule has 1 aromatic rings. The Morgan fingerprint density at radius 1 is 0.941 bits per heavy atom. The molecule has 1 aromatic carbocycles. The molecule has 0 spiro atoms. The van der Waals surface area contributed by atoms with Gasteiger partial charge in [-0.2, -0.15) is 0 Å². The van der Waals surface area contributed by atoms with Crippen molar-refractivity contribution in [2.24, 2.45) is 0 Å². The van der Waals surface area contributed by atoms with Crippen molar-refractivity contribution < 1.29 is 37.3 Å². The normalized spacial score (nSPS) is 20.0. The van der Waals surface area contributed by atoms with Crippen molar-refractivity contribution in [2.45, 2.75) is 76.4 Å². The molecule has 2 aliphatic rings. The zero-order valence-electron chi connectivity index (χ0n) is 19.9. The van der Waals surface area contributed by atoms with Crippen molar-refractivity contribution >= 4 is 12.0 Å². The van der Waals surface area contributed by atoms with E-state index in [1.54, 1.807) is 30.6 Å². The van der Waals surface area contributed by atoms with E-state index in [4.69, 9.17) is 4.74 Å². The number of ether oxygens (including phenoxy) is 2. The first-order chi connectivity index (χ1) is 15.8. The molecule has 1 aliphatic carbocycles. The van der Waals surface area contributed by atoms with Crippen LogP contribution in [0, 0.1) is 0 Å². The van der Waals surface area contributed by atoms with Crippen LogP contribution >= 0.6 is 0 Å². The SMILES string of the molecule is CC(C)(C)OC(=O)N1CCN(C(=O)C(c2ccc(OC(F)(F)F)cc2)C2(O)CCCCC2)CC1. The van der Waals surface area contributed by atoms with Crippen molar-refractivity contribution in [3.63, 3.8) is 0 Å². The van der Waals surface area contributed by atoms with Gasteiger partial charge in [0.2, 0.25) is 5.91 Å². The lowest BCUT2D eigenvalue weighted by molar-refractivity contribution is -0.274. The molecule has 1 N–H and O–H groups in total. The second kappa shape index (κ2) is 10.0. The van der Waals surface area contributed by atoms with Crippen LogP contribution in [0.4, 0.5) is 18.0 Å². The number of rotatable bonds is 4. The van der Waals surface area contributed by atoms with Gasteiger partial charge >= 0.3 is 12.5 Å². The molecule has 7 nitrogen and oxygen atoms in total. The number of amides is 2. The van der Waals surface area contributed by atoms with E-state index < -0.39 is 29.6 Å². The highest BCUT2D eigenvalue weighted by atomic mass is 19.4. The molecule has 1 unspecified atom stereocenters. The van der Waals surface area contributed by atoms with Gasteiger partial charge in [-0.15, -0.1) is 13.2 Å². The Labute approximate surface area is 197 Å². The van der Waals surface area contributed by atoms with Gasteiger partial charge in [-0.05, 0) is 51.3 Å². The third-order valence-electron chi connectivity index (χ3n) is 6.19. The van der Waals surface area contributed by atoms with Gasteiger partial charge in [-0.25, -0.2) is 4.79 Å². The highest BCUT2D eigenvalue weighted by molar-refractivity contribution is 5.85. The molecule has 0 aromatic heterocycles. The Hall–Kier alpha value is -2.49. The summed E-state index contributed by atoms with van der Waals surface area (Å²) in [5.41, 5.74) is -1.47. The lowest BCUT2D eigenvalue weighted by Gasteiger charge is -2.43. The van der Waals surface area contributed by atoms with Crippen molar-refractivity contribution in [3.05, 3.63) is 29.8 Å². The minimum Gasteiger partial charge on any atom is -0.444 e. The Bertz CT molecular complexity index is 853. The van der Waals surface area contributed by atoms with Crippen LogP contribution in [0.2, 0.25) is 0 Å². The predicted octanol–water partition coefficient (Wildman–Crippen LogP) is 4.44. The molecule has 1 heterocycles. The van der Waals surface area contributed by atoms with Gasteiger partial charge in [-0.1, -0.05) is 31.4 Å². The van der Waals surface area contributed by atoms with Crippen LogP contribution in [-0.4, -0.2) is 70.7 Å². The zero-order chi connectivity index (χ0) is 25.1. The zero-order valence-corrected chi connectivity index (χ0v) is 19.9. The van der Waals surface area contributed by atoms with Crippen molar-refractivity contribution in [2.75, 3.05) is 26.2 Å². The molecule has 0 bridgehead atoms. The molecule has 0 radical (unpaired) electrons. The minimum atomic E-state index is -4.81. The van der Waals surface area contributed by atoms with Gasteiger partial charge in [-0.3, -0.25) is 4.79 Å². The largest absolute Gasteiger partial charge is 0.573 e. The van der Waals surface area contributed by atoms with E-state index >= 15 is 0 Å². The number of carbonyl (C=O) groups is 2. The standard InChI is InChI=1S/C24H33F3N2O5/c1-22(2,3)34-21(31)29-15-13-28(14-16-29)20(30)19(23(32)11-5-4-6-12-23)17-7-9-18(10-8-17)33-24(25,26)27/h7-10,19,32H,4-6,11-16H2,1-3H3. The van der Waals surface area contributed by atoms with Crippen LogP contribution in [0.25, 0.3) is 0 Å². The number of benzene rings is 1. The van der Waals surface area contributed by atoms with Gasteiger partial charge < -0.3 is 24.4 Å². The predicted molar refractivity (Wildman–Crippen MR) is 118 cm³/mol. The summed E-state index contributed by atoms with van der Waals surface area (Å²) in [6.07, 6.45) is -1.90. The smallest absolute Gasteiger partial charge is 0.444 e. The monoisotopic (exact) mass is 486 g/mol. The van der Waals surface area contributed by atoms with E-state index in [1.165, 1.54) is 12.1 Å². The van der Waals surface area contributed by atoms with E-state index in [-0.39, 0.29) is 24.7 Å². The molecular weight excluding hydrogens is 453 g/mol. The van der Waals surface area contributed by atoms with Gasteiger partial charge in [0, 0.05) is 26.2 Å². The average molecular weight is 487 g/mol. The fraction of sp³-hybridized carbons (Fsp3) is 0.667. The second-order valence-electron chi connectivity index (χ2n) is 10.0. The Balaban J connectivity index is 1.77. The molecule has 1 saturated carbocycles. The topological polar surface area (TPSA) is 79.3 Å². The van der Waals surface area contributed by atoms with Crippen molar-refractivity contribution in [1.29, 1.82) is 0 Å². The third kappa shape index (κ3) is 6.77. The molecular formula is C24H33F3N2O5. The Morgan fingerprint density at radius 2 is 1.47 bits per heavy atom. The van der Waals surface area contributed by atoms with Crippen LogP contribution in [0.3, 0.4) is 0 Å². The molecule has 3 rings (SSSR count). The lowest BCUT2D eigenvalue weighted by atomic mass is 9.72. The summed E-state index contributed by atoms with van der Waals surface area (Å²) in [4.78, 5) is 29.1. The highest BCUT2D eigenvalue weighted by Crippen LogP contribution is 2.42. The summed E-state index contributed by atoms with van der Waals surface area (Å²) in [6.45, 7) is 6.50. The first-order valence-electron chi connectivity index (χ1n) is 11.6. The van der Waals surface area contributed by atoms with Crippen LogP contribution in [0.5, 0.6) is 5.75 Å². The summed E-state index contributed by atoms with van der Waals surface area (Å²) in [6, 6.07) is 5.14. The molecule has 34 heavy (non-hydrogen) atoms. The maximum Gasteiger partial charge on any atom is 0.573 e. The maximum absolute atomic E-state index is 13.6. The molecule has 10 heteroatoms. The Morgan fingerprint density at radius 3 is 1.97 bits per heavy atom. The van der Waals surface area contributed by atoms with Crippen molar-refractivity contribution in [3.8, 4) is 5.75 Å². The fourth-order valence-electron chi connectivity index (χ4n) is 4.62. The fourth-order valence-corrected chi connectivity index (χ4v) is 4.62. The molecule has 2 amide bonds. The number of nitrogens with zero attached hydrogens (tertiary/aromatic N) is 2. The molecule has 1 aliphatic heterocycles. The van der Waals surface area contributed by atoms with Crippen LogP contribution in [-0.2, 0) is 9.53 Å². The molecule has 2 fully saturated rings. The van der Waals surface area contributed by atoms with E-state index in [0.29, 0.717) is 31.5 Å². The van der Waals surface area contributed by atoms with Gasteiger partial charge in [0.15, 0.2) is 0 Å². The number of carbonyl (C=O) groups excluding carboxylic acids is 2. The summed E-state index contributed by atoms with van der Waals surface area (Å²) >= 11 is 0. The maximum atomic E-state index is 13.6. The molecule has 1 atom stereocenters. The number of hydrogen-bond donors (Lipinski definition) is 1. The quantitative estimate of drug-likeness (QED) is 0.681. The first kappa shape index (κ1) is 26.1. The highest BCUT2D eigenvalue weighted by Gasteiger charge is 2.45. The summed E-state index contributed by atoms with van der Waals surface area (Å²) in [5, 5.41) is 11.5. The van der Waals surface area contributed by atoms with E-state index in [0.717, 1.165) is 31.4 Å². The van der Waals surface area contributed by atoms with E-state index in [2.05, 4.69) is 4.74 Å². The lowest BCUT2D eigenvalue weighted by Crippen LogP contribution is -2.55. The Kier molecular flexibility index (Phi) is 7.69. The first-order valence-corrected chi connectivity index (χ1v) is 11.6. The second-order valence-corrected chi connectivity index (χ2v) is 10.0. The van der Waals surface area contributed by atoms with E-state index in [1.807, 2.05) is 0 Å². The summed E-state index contributed by atoms with van der Waals surface area (Å²) in [5.74, 6) is -1.59.